The normalized spacial score (nSPS) is 12.5. The third kappa shape index (κ3) is 4.66. The number of nitrogens with one attached hydrogen (secondary N) is 1. The van der Waals surface area contributed by atoms with Gasteiger partial charge in [-0.3, -0.25) is 9.10 Å². The minimum atomic E-state index is -3.52. The van der Waals surface area contributed by atoms with Crippen LogP contribution in [-0.2, 0) is 14.8 Å². The second-order valence-corrected chi connectivity index (χ2v) is 8.13. The molecule has 3 rings (SSSR count). The predicted molar refractivity (Wildman–Crippen MR) is 106 cm³/mol. The molecule has 0 bridgehead atoms. The molecule has 150 valence electrons. The van der Waals surface area contributed by atoms with Crippen LogP contribution in [0.2, 0.25) is 0 Å². The highest BCUT2D eigenvalue weighted by Crippen LogP contribution is 2.34. The number of benzene rings is 2. The number of ether oxygens (including phenoxy) is 3. The lowest BCUT2D eigenvalue weighted by Gasteiger charge is -2.24. The summed E-state index contributed by atoms with van der Waals surface area (Å²) in [6.07, 6.45) is 1.64. The van der Waals surface area contributed by atoms with Gasteiger partial charge in [-0.05, 0) is 30.7 Å². The number of rotatable bonds is 8. The maximum Gasteiger partial charge on any atom is 0.232 e. The van der Waals surface area contributed by atoms with Gasteiger partial charge in [0.1, 0.15) is 5.75 Å². The molecule has 0 aliphatic carbocycles. The Morgan fingerprint density at radius 2 is 1.93 bits per heavy atom. The van der Waals surface area contributed by atoms with Crippen molar-refractivity contribution in [3.8, 4) is 17.2 Å². The van der Waals surface area contributed by atoms with Crippen LogP contribution < -0.4 is 23.8 Å². The van der Waals surface area contributed by atoms with Crippen LogP contribution in [0.3, 0.4) is 0 Å². The minimum absolute atomic E-state index is 0.160. The molecule has 0 spiro atoms. The molecule has 1 aliphatic rings. The summed E-state index contributed by atoms with van der Waals surface area (Å²) in [5.74, 6) is 1.46. The molecule has 28 heavy (non-hydrogen) atoms. The van der Waals surface area contributed by atoms with E-state index in [2.05, 4.69) is 5.32 Å². The van der Waals surface area contributed by atoms with Gasteiger partial charge in [0.2, 0.25) is 22.7 Å². The first-order valence-electron chi connectivity index (χ1n) is 8.69. The molecule has 1 heterocycles. The van der Waals surface area contributed by atoms with E-state index in [9.17, 15) is 13.2 Å². The van der Waals surface area contributed by atoms with E-state index in [-0.39, 0.29) is 25.7 Å². The lowest BCUT2D eigenvalue weighted by atomic mass is 10.2. The molecule has 0 radical (unpaired) electrons. The molecule has 0 fully saturated rings. The Labute approximate surface area is 164 Å². The summed E-state index contributed by atoms with van der Waals surface area (Å²) in [6.45, 7) is 0.324. The molecule has 9 heteroatoms. The second-order valence-electron chi connectivity index (χ2n) is 6.23. The van der Waals surface area contributed by atoms with Gasteiger partial charge in [-0.1, -0.05) is 12.1 Å². The molecule has 0 atom stereocenters. The quantitative estimate of drug-likeness (QED) is 0.724. The van der Waals surface area contributed by atoms with E-state index in [4.69, 9.17) is 14.2 Å². The number of methoxy groups -OCH3 is 1. The van der Waals surface area contributed by atoms with Gasteiger partial charge in [-0.2, -0.15) is 0 Å². The molecular formula is C19H22N2O6S. The fraction of sp³-hybridized carbons (Fsp3) is 0.316. The minimum Gasteiger partial charge on any atom is -0.495 e. The van der Waals surface area contributed by atoms with Gasteiger partial charge in [-0.15, -0.1) is 0 Å². The maximum atomic E-state index is 12.2. The predicted octanol–water partition coefficient (Wildman–Crippen LogP) is 2.61. The molecule has 8 nitrogen and oxygen atoms in total. The van der Waals surface area contributed by atoms with E-state index in [0.29, 0.717) is 35.0 Å². The zero-order valence-corrected chi connectivity index (χ0v) is 16.5. The van der Waals surface area contributed by atoms with Gasteiger partial charge in [-0.25, -0.2) is 8.42 Å². The largest absolute Gasteiger partial charge is 0.495 e. The summed E-state index contributed by atoms with van der Waals surface area (Å²) in [6, 6.07) is 12.0. The Hall–Kier alpha value is -2.94. The number of nitrogens with zero attached hydrogens (tertiary/aromatic N) is 1. The van der Waals surface area contributed by atoms with Crippen molar-refractivity contribution in [2.24, 2.45) is 0 Å². The summed E-state index contributed by atoms with van der Waals surface area (Å²) >= 11 is 0. The maximum absolute atomic E-state index is 12.2. The summed E-state index contributed by atoms with van der Waals surface area (Å²) in [7, 11) is -2.04. The Morgan fingerprint density at radius 3 is 2.68 bits per heavy atom. The number of anilines is 2. The third-order valence-corrected chi connectivity index (χ3v) is 5.36. The van der Waals surface area contributed by atoms with Gasteiger partial charge in [0.15, 0.2) is 11.5 Å². The Morgan fingerprint density at radius 1 is 1.18 bits per heavy atom. The average molecular weight is 406 g/mol. The highest BCUT2D eigenvalue weighted by Gasteiger charge is 2.21. The van der Waals surface area contributed by atoms with Crippen molar-refractivity contribution in [3.63, 3.8) is 0 Å². The third-order valence-electron chi connectivity index (χ3n) is 4.18. The highest BCUT2D eigenvalue weighted by atomic mass is 32.2. The van der Waals surface area contributed by atoms with E-state index < -0.39 is 10.0 Å². The molecule has 2 aromatic rings. The van der Waals surface area contributed by atoms with Crippen LogP contribution in [0.25, 0.3) is 0 Å². The second kappa shape index (κ2) is 8.39. The van der Waals surface area contributed by atoms with Crippen molar-refractivity contribution < 1.29 is 27.4 Å². The summed E-state index contributed by atoms with van der Waals surface area (Å²) in [4.78, 5) is 12.2. The number of amides is 1. The SMILES string of the molecule is COc1ccccc1N(CCCC(=O)Nc1ccc2c(c1)OCO2)S(C)(=O)=O. The summed E-state index contributed by atoms with van der Waals surface area (Å²) in [5.41, 5.74) is 1.04. The topological polar surface area (TPSA) is 94.2 Å². The number of hydrogen-bond acceptors (Lipinski definition) is 6. The first kappa shape index (κ1) is 19.8. The number of carbonyl (C=O) groups is 1. The summed E-state index contributed by atoms with van der Waals surface area (Å²) < 4.78 is 41.5. The number of fused-ring (bicyclic) bond motifs is 1. The first-order chi connectivity index (χ1) is 13.4. The molecule has 1 aliphatic heterocycles. The van der Waals surface area contributed by atoms with Crippen LogP contribution >= 0.6 is 0 Å². The molecule has 1 amide bonds. The van der Waals surface area contributed by atoms with Crippen LogP contribution in [-0.4, -0.2) is 41.0 Å². The molecule has 0 aromatic heterocycles. The van der Waals surface area contributed by atoms with Crippen molar-refractivity contribution in [2.75, 3.05) is 36.3 Å². The van der Waals surface area contributed by atoms with Crippen LogP contribution in [0, 0.1) is 0 Å². The van der Waals surface area contributed by atoms with Gasteiger partial charge in [0.05, 0.1) is 19.1 Å². The number of para-hydroxylation sites is 2. The number of sulfonamides is 1. The summed E-state index contributed by atoms with van der Waals surface area (Å²) in [5, 5.41) is 2.78. The van der Waals surface area contributed by atoms with Crippen LogP contribution in [0.4, 0.5) is 11.4 Å². The lowest BCUT2D eigenvalue weighted by Crippen LogP contribution is -2.31. The van der Waals surface area contributed by atoms with E-state index >= 15 is 0 Å². The molecule has 0 saturated carbocycles. The Bertz CT molecular complexity index is 961. The highest BCUT2D eigenvalue weighted by molar-refractivity contribution is 7.92. The fourth-order valence-electron chi connectivity index (χ4n) is 2.88. The standard InChI is InChI=1S/C19H22N2O6S/c1-25-16-7-4-3-6-15(16)21(28(2,23)24)11-5-8-19(22)20-14-9-10-17-18(12-14)27-13-26-17/h3-4,6-7,9-10,12H,5,8,11,13H2,1-2H3,(H,20,22). The van der Waals surface area contributed by atoms with E-state index in [1.807, 2.05) is 0 Å². The van der Waals surface area contributed by atoms with E-state index in [1.165, 1.54) is 11.4 Å². The van der Waals surface area contributed by atoms with Crippen LogP contribution in [0.5, 0.6) is 17.2 Å². The molecule has 1 N–H and O–H groups in total. The van der Waals surface area contributed by atoms with Crippen molar-refractivity contribution in [3.05, 3.63) is 42.5 Å². The average Bonchev–Trinajstić information content (AvgIpc) is 3.12. The van der Waals surface area contributed by atoms with Crippen molar-refractivity contribution in [1.82, 2.24) is 0 Å². The number of hydrogen-bond donors (Lipinski definition) is 1. The van der Waals surface area contributed by atoms with Crippen LogP contribution in [0.1, 0.15) is 12.8 Å². The first-order valence-corrected chi connectivity index (χ1v) is 10.5. The van der Waals surface area contributed by atoms with Crippen LogP contribution in [0.15, 0.2) is 42.5 Å². The lowest BCUT2D eigenvalue weighted by molar-refractivity contribution is -0.116. The van der Waals surface area contributed by atoms with Crippen molar-refractivity contribution >= 4 is 27.3 Å². The molecule has 0 saturated heterocycles. The van der Waals surface area contributed by atoms with Crippen molar-refractivity contribution in [2.45, 2.75) is 12.8 Å². The Balaban J connectivity index is 1.60. The monoisotopic (exact) mass is 406 g/mol. The molecule has 0 unspecified atom stereocenters. The van der Waals surface area contributed by atoms with E-state index in [0.717, 1.165) is 6.26 Å². The zero-order chi connectivity index (χ0) is 20.1. The molecular weight excluding hydrogens is 384 g/mol. The van der Waals surface area contributed by atoms with Crippen molar-refractivity contribution in [1.29, 1.82) is 0 Å². The smallest absolute Gasteiger partial charge is 0.232 e. The van der Waals surface area contributed by atoms with Gasteiger partial charge < -0.3 is 19.5 Å². The van der Waals surface area contributed by atoms with Gasteiger partial charge in [0.25, 0.3) is 0 Å². The Kier molecular flexibility index (Phi) is 5.93. The number of carbonyl (C=O) groups excluding carboxylic acids is 1. The fourth-order valence-corrected chi connectivity index (χ4v) is 3.85. The zero-order valence-electron chi connectivity index (χ0n) is 15.7. The van der Waals surface area contributed by atoms with Gasteiger partial charge >= 0.3 is 0 Å². The molecule has 2 aromatic carbocycles. The van der Waals surface area contributed by atoms with E-state index in [1.54, 1.807) is 42.5 Å². The van der Waals surface area contributed by atoms with Gasteiger partial charge in [0, 0.05) is 24.7 Å².